The Balaban J connectivity index is 1.72. The summed E-state index contributed by atoms with van der Waals surface area (Å²) < 4.78 is 0. The minimum absolute atomic E-state index is 0.308. The molecule has 0 bridgehead atoms. The Morgan fingerprint density at radius 3 is 1.89 bits per heavy atom. The van der Waals surface area contributed by atoms with Crippen molar-refractivity contribution >= 4 is 5.91 Å². The van der Waals surface area contributed by atoms with Crippen molar-refractivity contribution in [2.45, 2.75) is 90.4 Å². The average Bonchev–Trinajstić information content (AvgIpc) is 2.34. The zero-order valence-electron chi connectivity index (χ0n) is 12.9. The normalized spacial score (nSPS) is 15.2. The van der Waals surface area contributed by atoms with Crippen molar-refractivity contribution in [3.05, 3.63) is 0 Å². The first-order chi connectivity index (χ1) is 9.34. The highest BCUT2D eigenvalue weighted by molar-refractivity contribution is 5.79. The molecule has 0 atom stereocenters. The zero-order valence-corrected chi connectivity index (χ0v) is 12.9. The third-order valence-corrected chi connectivity index (χ3v) is 4.31. The number of amides is 1. The summed E-state index contributed by atoms with van der Waals surface area (Å²) in [7, 11) is 0. The molecule has 19 heavy (non-hydrogen) atoms. The number of hydrogen-bond acceptors (Lipinski definition) is 1. The second kappa shape index (κ2) is 11.3. The van der Waals surface area contributed by atoms with Crippen LogP contribution in [0.3, 0.4) is 0 Å². The maximum absolute atomic E-state index is 11.6. The van der Waals surface area contributed by atoms with Gasteiger partial charge in [0.05, 0.1) is 0 Å². The van der Waals surface area contributed by atoms with Gasteiger partial charge in [0.1, 0.15) is 0 Å². The van der Waals surface area contributed by atoms with Crippen molar-refractivity contribution in [1.82, 2.24) is 5.32 Å². The second-order valence-corrected chi connectivity index (χ2v) is 6.10. The monoisotopic (exact) mass is 267 g/mol. The molecular formula is C17H33NO. The Kier molecular flexibility index (Phi) is 9.84. The summed E-state index contributed by atoms with van der Waals surface area (Å²) in [5.74, 6) is 0.658. The van der Waals surface area contributed by atoms with Crippen LogP contribution < -0.4 is 5.32 Å². The fourth-order valence-electron chi connectivity index (χ4n) is 2.64. The standard InChI is InChI=1S/C17H33NO/c1-2-3-4-5-6-7-8-9-10-11-15-18-17(19)16-13-12-14-16/h16H,2-15H2,1H3,(H,18,19). The maximum atomic E-state index is 11.6. The predicted molar refractivity (Wildman–Crippen MR) is 82.2 cm³/mol. The molecule has 2 heteroatoms. The molecule has 1 fully saturated rings. The van der Waals surface area contributed by atoms with E-state index in [0.29, 0.717) is 11.8 Å². The first kappa shape index (κ1) is 16.5. The summed E-state index contributed by atoms with van der Waals surface area (Å²) >= 11 is 0. The van der Waals surface area contributed by atoms with Crippen LogP contribution in [0.25, 0.3) is 0 Å². The van der Waals surface area contributed by atoms with Crippen LogP contribution in [0, 0.1) is 5.92 Å². The minimum atomic E-state index is 0.308. The van der Waals surface area contributed by atoms with E-state index in [9.17, 15) is 4.79 Å². The number of carbonyl (C=O) groups excluding carboxylic acids is 1. The first-order valence-corrected chi connectivity index (χ1v) is 8.62. The molecule has 0 aliphatic heterocycles. The van der Waals surface area contributed by atoms with Gasteiger partial charge in [-0.3, -0.25) is 4.79 Å². The van der Waals surface area contributed by atoms with Crippen molar-refractivity contribution in [2.24, 2.45) is 5.92 Å². The number of unbranched alkanes of at least 4 members (excludes halogenated alkanes) is 9. The average molecular weight is 267 g/mol. The molecule has 0 saturated heterocycles. The first-order valence-electron chi connectivity index (χ1n) is 8.62. The Morgan fingerprint density at radius 1 is 0.895 bits per heavy atom. The van der Waals surface area contributed by atoms with Crippen LogP contribution in [0.15, 0.2) is 0 Å². The lowest BCUT2D eigenvalue weighted by Crippen LogP contribution is -2.34. The zero-order chi connectivity index (χ0) is 13.8. The maximum Gasteiger partial charge on any atom is 0.223 e. The highest BCUT2D eigenvalue weighted by atomic mass is 16.1. The van der Waals surface area contributed by atoms with Crippen molar-refractivity contribution in [2.75, 3.05) is 6.54 Å². The highest BCUT2D eigenvalue weighted by Gasteiger charge is 2.24. The van der Waals surface area contributed by atoms with Crippen LogP contribution in [0.4, 0.5) is 0 Å². The van der Waals surface area contributed by atoms with Gasteiger partial charge in [-0.1, -0.05) is 71.1 Å². The van der Waals surface area contributed by atoms with Crippen LogP contribution in [0.2, 0.25) is 0 Å². The number of rotatable bonds is 12. The van der Waals surface area contributed by atoms with E-state index in [0.717, 1.165) is 25.8 Å². The molecular weight excluding hydrogens is 234 g/mol. The summed E-state index contributed by atoms with van der Waals surface area (Å²) in [6, 6.07) is 0. The predicted octanol–water partition coefficient (Wildman–Crippen LogP) is 4.82. The van der Waals surface area contributed by atoms with Crippen LogP contribution in [0.1, 0.15) is 90.4 Å². The van der Waals surface area contributed by atoms with Crippen molar-refractivity contribution in [3.63, 3.8) is 0 Å². The molecule has 0 aromatic rings. The smallest absolute Gasteiger partial charge is 0.223 e. The van der Waals surface area contributed by atoms with E-state index in [-0.39, 0.29) is 0 Å². The van der Waals surface area contributed by atoms with E-state index in [1.807, 2.05) is 0 Å². The van der Waals surface area contributed by atoms with Gasteiger partial charge in [-0.15, -0.1) is 0 Å². The molecule has 1 saturated carbocycles. The molecule has 0 aromatic carbocycles. The molecule has 0 heterocycles. The van der Waals surface area contributed by atoms with Gasteiger partial charge >= 0.3 is 0 Å². The van der Waals surface area contributed by atoms with Crippen LogP contribution in [-0.4, -0.2) is 12.5 Å². The lowest BCUT2D eigenvalue weighted by Gasteiger charge is -2.23. The molecule has 2 nitrogen and oxygen atoms in total. The fourth-order valence-corrected chi connectivity index (χ4v) is 2.64. The molecule has 1 rings (SSSR count). The molecule has 1 amide bonds. The molecule has 0 unspecified atom stereocenters. The molecule has 112 valence electrons. The molecule has 0 radical (unpaired) electrons. The molecule has 1 aliphatic rings. The Morgan fingerprint density at radius 2 is 1.42 bits per heavy atom. The Bertz CT molecular complexity index is 223. The summed E-state index contributed by atoms with van der Waals surface area (Å²) in [4.78, 5) is 11.6. The van der Waals surface area contributed by atoms with Gasteiger partial charge in [-0.2, -0.15) is 0 Å². The lowest BCUT2D eigenvalue weighted by molar-refractivity contribution is -0.127. The van der Waals surface area contributed by atoms with Crippen LogP contribution >= 0.6 is 0 Å². The SMILES string of the molecule is CCCCCCCCCCCCNC(=O)C1CCC1. The number of carbonyl (C=O) groups is 1. The van der Waals surface area contributed by atoms with Gasteiger partial charge in [0, 0.05) is 12.5 Å². The summed E-state index contributed by atoms with van der Waals surface area (Å²) in [5.41, 5.74) is 0. The van der Waals surface area contributed by atoms with Gasteiger partial charge in [0.2, 0.25) is 5.91 Å². The van der Waals surface area contributed by atoms with Gasteiger partial charge in [0.15, 0.2) is 0 Å². The summed E-state index contributed by atoms with van der Waals surface area (Å²) in [5, 5.41) is 3.07. The highest BCUT2D eigenvalue weighted by Crippen LogP contribution is 2.26. The molecule has 0 spiro atoms. The Hall–Kier alpha value is -0.530. The minimum Gasteiger partial charge on any atom is -0.356 e. The topological polar surface area (TPSA) is 29.1 Å². The second-order valence-electron chi connectivity index (χ2n) is 6.10. The van der Waals surface area contributed by atoms with E-state index >= 15 is 0 Å². The van der Waals surface area contributed by atoms with E-state index in [4.69, 9.17) is 0 Å². The fraction of sp³-hybridized carbons (Fsp3) is 0.941. The largest absolute Gasteiger partial charge is 0.356 e. The van der Waals surface area contributed by atoms with Gasteiger partial charge < -0.3 is 5.32 Å². The van der Waals surface area contributed by atoms with Gasteiger partial charge in [-0.25, -0.2) is 0 Å². The van der Waals surface area contributed by atoms with Gasteiger partial charge in [0.25, 0.3) is 0 Å². The van der Waals surface area contributed by atoms with E-state index < -0.39 is 0 Å². The van der Waals surface area contributed by atoms with Crippen molar-refractivity contribution < 1.29 is 4.79 Å². The van der Waals surface area contributed by atoms with Crippen molar-refractivity contribution in [1.29, 1.82) is 0 Å². The van der Waals surface area contributed by atoms with Crippen molar-refractivity contribution in [3.8, 4) is 0 Å². The van der Waals surface area contributed by atoms with Crippen LogP contribution in [-0.2, 0) is 4.79 Å². The summed E-state index contributed by atoms with van der Waals surface area (Å²) in [6.45, 7) is 3.16. The number of hydrogen-bond donors (Lipinski definition) is 1. The summed E-state index contributed by atoms with van der Waals surface area (Å²) in [6.07, 6.45) is 17.0. The van der Waals surface area contributed by atoms with Gasteiger partial charge in [-0.05, 0) is 19.3 Å². The van der Waals surface area contributed by atoms with E-state index in [1.54, 1.807) is 0 Å². The number of nitrogens with one attached hydrogen (secondary N) is 1. The molecule has 1 N–H and O–H groups in total. The molecule has 1 aliphatic carbocycles. The Labute approximate surface area is 119 Å². The third kappa shape index (κ3) is 8.28. The van der Waals surface area contributed by atoms with Crippen LogP contribution in [0.5, 0.6) is 0 Å². The lowest BCUT2D eigenvalue weighted by atomic mass is 9.85. The van der Waals surface area contributed by atoms with E-state index in [2.05, 4.69) is 12.2 Å². The third-order valence-electron chi connectivity index (χ3n) is 4.31. The van der Waals surface area contributed by atoms with E-state index in [1.165, 1.54) is 64.2 Å². The quantitative estimate of drug-likeness (QED) is 0.504. The molecule has 0 aromatic heterocycles.